The fourth-order valence-electron chi connectivity index (χ4n) is 2.96. The molecule has 3 N–H and O–H groups in total. The van der Waals surface area contributed by atoms with Crippen LogP contribution in [0, 0.1) is 0 Å². The number of hydrogen-bond acceptors (Lipinski definition) is 5. The van der Waals surface area contributed by atoms with E-state index >= 15 is 0 Å². The van der Waals surface area contributed by atoms with Crippen LogP contribution in [0.4, 0.5) is 4.79 Å². The number of hydrogen-bond donors (Lipinski definition) is 2. The van der Waals surface area contributed by atoms with E-state index in [9.17, 15) is 9.59 Å². The van der Waals surface area contributed by atoms with E-state index in [1.807, 2.05) is 29.2 Å². The Morgan fingerprint density at radius 3 is 2.65 bits per heavy atom. The van der Waals surface area contributed by atoms with Gasteiger partial charge in [-0.25, -0.2) is 10.7 Å². The van der Waals surface area contributed by atoms with Gasteiger partial charge in [0.15, 0.2) is 0 Å². The number of nitrogens with one attached hydrogen (secondary N) is 1. The van der Waals surface area contributed by atoms with Gasteiger partial charge in [0.05, 0.1) is 20.1 Å². The van der Waals surface area contributed by atoms with Gasteiger partial charge in [-0.05, 0) is 18.9 Å². The van der Waals surface area contributed by atoms with Crippen LogP contribution in [0.2, 0.25) is 0 Å². The Morgan fingerprint density at radius 2 is 1.88 bits per heavy atom. The van der Waals surface area contributed by atoms with E-state index in [0.717, 1.165) is 17.7 Å². The maximum Gasteiger partial charge on any atom is 0.317 e. The first-order valence-electron chi connectivity index (χ1n) is 8.90. The van der Waals surface area contributed by atoms with Crippen molar-refractivity contribution < 1.29 is 19.2 Å². The van der Waals surface area contributed by atoms with Crippen molar-refractivity contribution in [3.05, 3.63) is 29.8 Å². The number of benzene rings is 1. The first kappa shape index (κ1) is 20.0. The summed E-state index contributed by atoms with van der Waals surface area (Å²) in [6, 6.07) is 7.43. The Balaban J connectivity index is 1.83. The zero-order chi connectivity index (χ0) is 18.8. The fraction of sp³-hybridized carbons (Fsp3) is 0.556. The molecule has 0 radical (unpaired) electrons. The third-order valence-electron chi connectivity index (χ3n) is 4.39. The van der Waals surface area contributed by atoms with Crippen molar-refractivity contribution in [2.75, 3.05) is 46.4 Å². The Kier molecular flexibility index (Phi) is 8.17. The Labute approximate surface area is 154 Å². The smallest absolute Gasteiger partial charge is 0.317 e. The number of nitrogens with two attached hydrogens (primary N) is 1. The quantitative estimate of drug-likeness (QED) is 0.550. The van der Waals surface area contributed by atoms with Crippen LogP contribution in [0.3, 0.4) is 0 Å². The number of amides is 3. The number of ether oxygens (including phenoxy) is 1. The van der Waals surface area contributed by atoms with Gasteiger partial charge in [0.25, 0.3) is 0 Å². The highest BCUT2D eigenvalue weighted by Gasteiger charge is 2.22. The molecule has 1 heterocycles. The summed E-state index contributed by atoms with van der Waals surface area (Å²) in [5, 5.41) is 2.85. The highest BCUT2D eigenvalue weighted by molar-refractivity contribution is 5.80. The highest BCUT2D eigenvalue weighted by atomic mass is 16.6. The second kappa shape index (κ2) is 10.6. The van der Waals surface area contributed by atoms with Crippen molar-refractivity contribution in [1.29, 1.82) is 0 Å². The molecule has 1 saturated heterocycles. The maximum atomic E-state index is 12.6. The molecule has 0 aromatic heterocycles. The molecule has 0 bridgehead atoms. The average molecular weight is 364 g/mol. The molecule has 1 fully saturated rings. The topological polar surface area (TPSA) is 97.1 Å². The summed E-state index contributed by atoms with van der Waals surface area (Å²) in [5.74, 6) is 5.73. The minimum atomic E-state index is -0.110. The van der Waals surface area contributed by atoms with Crippen LogP contribution in [0.1, 0.15) is 18.4 Å². The predicted molar refractivity (Wildman–Crippen MR) is 97.6 cm³/mol. The van der Waals surface area contributed by atoms with Crippen LogP contribution in [-0.2, 0) is 16.1 Å². The molecule has 8 heteroatoms. The molecule has 0 unspecified atom stereocenters. The molecule has 144 valence electrons. The van der Waals surface area contributed by atoms with E-state index in [-0.39, 0.29) is 11.9 Å². The van der Waals surface area contributed by atoms with Crippen LogP contribution in [0.5, 0.6) is 5.75 Å². The van der Waals surface area contributed by atoms with Gasteiger partial charge in [0.2, 0.25) is 5.91 Å². The number of methoxy groups -OCH3 is 1. The molecule has 0 atom stereocenters. The number of carbonyl (C=O) groups excluding carboxylic acids is 2. The molecule has 1 aliphatic rings. The van der Waals surface area contributed by atoms with Gasteiger partial charge in [-0.15, -0.1) is 0 Å². The molecule has 0 spiro atoms. The zero-order valence-electron chi connectivity index (χ0n) is 15.3. The summed E-state index contributed by atoms with van der Waals surface area (Å²) >= 11 is 0. The first-order chi connectivity index (χ1) is 12.7. The lowest BCUT2D eigenvalue weighted by Crippen LogP contribution is -2.43. The number of para-hydroxylation sites is 1. The molecule has 1 aromatic rings. The van der Waals surface area contributed by atoms with Crippen molar-refractivity contribution in [2.24, 2.45) is 5.90 Å². The van der Waals surface area contributed by atoms with E-state index < -0.39 is 0 Å². The van der Waals surface area contributed by atoms with Crippen molar-refractivity contribution in [3.8, 4) is 5.75 Å². The predicted octanol–water partition coefficient (Wildman–Crippen LogP) is 0.762. The normalized spacial score (nSPS) is 14.7. The largest absolute Gasteiger partial charge is 0.496 e. The summed E-state index contributed by atoms with van der Waals surface area (Å²) in [7, 11) is 1.60. The monoisotopic (exact) mass is 364 g/mol. The molecule has 3 amide bonds. The zero-order valence-corrected chi connectivity index (χ0v) is 15.3. The van der Waals surface area contributed by atoms with Gasteiger partial charge in [-0.3, -0.25) is 4.79 Å². The summed E-state index contributed by atoms with van der Waals surface area (Å²) in [6.07, 6.45) is 1.73. The van der Waals surface area contributed by atoms with E-state index in [1.54, 1.807) is 12.0 Å². The molecule has 0 saturated carbocycles. The van der Waals surface area contributed by atoms with Crippen LogP contribution < -0.4 is 16.0 Å². The van der Waals surface area contributed by atoms with E-state index in [0.29, 0.717) is 52.2 Å². The standard InChI is InChI=1S/C18H28N4O4/c1-25-16-7-3-2-6-15(16)14-17(23)21-9-5-10-22(12-11-21)18(24)20-8-4-13-26-19/h2-3,6-7H,4-5,8-14,19H2,1H3,(H,20,24). The second-order valence-corrected chi connectivity index (χ2v) is 6.17. The number of rotatable bonds is 7. The molecule has 1 aliphatic heterocycles. The molecular weight excluding hydrogens is 336 g/mol. The van der Waals surface area contributed by atoms with Gasteiger partial charge >= 0.3 is 6.03 Å². The van der Waals surface area contributed by atoms with Crippen LogP contribution in [0.15, 0.2) is 24.3 Å². The third-order valence-corrected chi connectivity index (χ3v) is 4.39. The Hall–Kier alpha value is -2.32. The lowest BCUT2D eigenvalue weighted by molar-refractivity contribution is -0.130. The SMILES string of the molecule is COc1ccccc1CC(=O)N1CCCN(C(=O)NCCCON)CC1. The summed E-state index contributed by atoms with van der Waals surface area (Å²) in [6.45, 7) is 3.27. The first-order valence-corrected chi connectivity index (χ1v) is 8.90. The molecule has 26 heavy (non-hydrogen) atoms. The van der Waals surface area contributed by atoms with Gasteiger partial charge < -0.3 is 24.7 Å². The average Bonchev–Trinajstić information content (AvgIpc) is 2.92. The number of urea groups is 1. The van der Waals surface area contributed by atoms with E-state index in [4.69, 9.17) is 10.6 Å². The van der Waals surface area contributed by atoms with Crippen LogP contribution in [-0.4, -0.2) is 68.2 Å². The molecule has 1 aromatic carbocycles. The lowest BCUT2D eigenvalue weighted by atomic mass is 10.1. The van der Waals surface area contributed by atoms with Crippen LogP contribution >= 0.6 is 0 Å². The van der Waals surface area contributed by atoms with Crippen molar-refractivity contribution >= 4 is 11.9 Å². The summed E-state index contributed by atoms with van der Waals surface area (Å²) < 4.78 is 5.31. The Morgan fingerprint density at radius 1 is 1.15 bits per heavy atom. The Bertz CT molecular complexity index is 596. The van der Waals surface area contributed by atoms with E-state index in [1.165, 1.54) is 0 Å². The van der Waals surface area contributed by atoms with Gasteiger partial charge in [-0.1, -0.05) is 18.2 Å². The fourth-order valence-corrected chi connectivity index (χ4v) is 2.96. The minimum Gasteiger partial charge on any atom is -0.496 e. The van der Waals surface area contributed by atoms with Gasteiger partial charge in [-0.2, -0.15) is 0 Å². The number of nitrogens with zero attached hydrogens (tertiary/aromatic N) is 2. The van der Waals surface area contributed by atoms with Crippen molar-refractivity contribution in [2.45, 2.75) is 19.3 Å². The molecule has 2 rings (SSSR count). The number of carbonyl (C=O) groups is 2. The highest BCUT2D eigenvalue weighted by Crippen LogP contribution is 2.19. The summed E-state index contributed by atoms with van der Waals surface area (Å²) in [4.78, 5) is 32.9. The lowest BCUT2D eigenvalue weighted by Gasteiger charge is -2.23. The van der Waals surface area contributed by atoms with Crippen molar-refractivity contribution in [1.82, 2.24) is 15.1 Å². The summed E-state index contributed by atoms with van der Waals surface area (Å²) in [5.41, 5.74) is 0.876. The molecular formula is C18H28N4O4. The van der Waals surface area contributed by atoms with E-state index in [2.05, 4.69) is 10.2 Å². The van der Waals surface area contributed by atoms with Gasteiger partial charge in [0, 0.05) is 38.3 Å². The maximum absolute atomic E-state index is 12.6. The third kappa shape index (κ3) is 5.89. The second-order valence-electron chi connectivity index (χ2n) is 6.17. The van der Waals surface area contributed by atoms with Crippen molar-refractivity contribution in [3.63, 3.8) is 0 Å². The van der Waals surface area contributed by atoms with Crippen LogP contribution in [0.25, 0.3) is 0 Å². The molecule has 8 nitrogen and oxygen atoms in total. The molecule has 0 aliphatic carbocycles. The van der Waals surface area contributed by atoms with Gasteiger partial charge in [0.1, 0.15) is 5.75 Å². The minimum absolute atomic E-state index is 0.0526.